The molecule has 0 amide bonds. The van der Waals surface area contributed by atoms with Crippen LogP contribution in [0.2, 0.25) is 0 Å². The molecular weight excluding hydrogens is 743 g/mol. The van der Waals surface area contributed by atoms with Gasteiger partial charge in [-0.15, -0.1) is 11.3 Å². The van der Waals surface area contributed by atoms with Crippen molar-refractivity contribution in [3.8, 4) is 33.4 Å². The Morgan fingerprint density at radius 1 is 0.400 bits per heavy atom. The maximum absolute atomic E-state index is 2.51. The third kappa shape index (κ3) is 4.92. The van der Waals surface area contributed by atoms with Crippen molar-refractivity contribution in [1.29, 1.82) is 0 Å². The molecule has 0 aliphatic heterocycles. The first-order chi connectivity index (χ1) is 29.5. The maximum atomic E-state index is 2.51. The number of rotatable bonds is 6. The zero-order valence-electron chi connectivity index (χ0n) is 33.6. The standard InChI is InChI=1S/C58H41NS/c1-57(2)49-26-12-10-23-47(49)55-52(57)28-16-29-53(55)59(41-33-31-38(32-34-41)43-24-15-25-46-45-22-11-14-30-54(45)60-56(43)46)42-35-36-51-48(37-42)44-21-9-13-27-50(44)58(51,39-17-5-3-6-18-39)40-19-7-4-8-20-40/h3-37H,1-2H3. The van der Waals surface area contributed by atoms with Crippen LogP contribution in [0.15, 0.2) is 212 Å². The third-order valence-corrected chi connectivity index (χ3v) is 14.6. The number of nitrogens with zero attached hydrogens (tertiary/aromatic N) is 1. The van der Waals surface area contributed by atoms with Gasteiger partial charge in [-0.1, -0.05) is 190 Å². The summed E-state index contributed by atoms with van der Waals surface area (Å²) in [6, 6.07) is 79.1. The van der Waals surface area contributed by atoms with Crippen LogP contribution in [-0.4, -0.2) is 0 Å². The molecule has 284 valence electrons. The number of hydrogen-bond acceptors (Lipinski definition) is 2. The van der Waals surface area contributed by atoms with Crippen LogP contribution in [0.25, 0.3) is 53.6 Å². The second-order valence-corrected chi connectivity index (χ2v) is 17.8. The molecule has 1 aromatic heterocycles. The monoisotopic (exact) mass is 783 g/mol. The Kier molecular flexibility index (Phi) is 7.73. The zero-order valence-corrected chi connectivity index (χ0v) is 34.4. The fourth-order valence-electron chi connectivity index (χ4n) is 10.7. The lowest BCUT2D eigenvalue weighted by Gasteiger charge is -2.34. The van der Waals surface area contributed by atoms with Gasteiger partial charge in [0.05, 0.1) is 11.1 Å². The molecule has 0 N–H and O–H groups in total. The Labute approximate surface area is 355 Å². The predicted octanol–water partition coefficient (Wildman–Crippen LogP) is 15.9. The molecule has 0 saturated carbocycles. The highest BCUT2D eigenvalue weighted by Gasteiger charge is 2.46. The van der Waals surface area contributed by atoms with Gasteiger partial charge in [0.2, 0.25) is 0 Å². The van der Waals surface area contributed by atoms with Crippen molar-refractivity contribution in [2.75, 3.05) is 4.90 Å². The minimum atomic E-state index is -0.454. The topological polar surface area (TPSA) is 3.24 Å². The van der Waals surface area contributed by atoms with E-state index >= 15 is 0 Å². The van der Waals surface area contributed by atoms with Gasteiger partial charge in [-0.3, -0.25) is 0 Å². The average molecular weight is 784 g/mol. The Bertz CT molecular complexity index is 3240. The summed E-state index contributed by atoms with van der Waals surface area (Å²) in [7, 11) is 0. The van der Waals surface area contributed by atoms with E-state index in [1.165, 1.54) is 92.6 Å². The molecule has 0 saturated heterocycles. The van der Waals surface area contributed by atoms with Crippen molar-refractivity contribution in [2.45, 2.75) is 24.7 Å². The first kappa shape index (κ1) is 35.0. The van der Waals surface area contributed by atoms with Crippen LogP contribution >= 0.6 is 11.3 Å². The van der Waals surface area contributed by atoms with Crippen LogP contribution in [0.4, 0.5) is 17.1 Å². The highest BCUT2D eigenvalue weighted by Crippen LogP contribution is 2.59. The van der Waals surface area contributed by atoms with Gasteiger partial charge in [0.25, 0.3) is 0 Å². The largest absolute Gasteiger partial charge is 0.310 e. The molecule has 0 fully saturated rings. The molecule has 9 aromatic carbocycles. The van der Waals surface area contributed by atoms with E-state index in [2.05, 4.69) is 231 Å². The highest BCUT2D eigenvalue weighted by molar-refractivity contribution is 7.26. The zero-order chi connectivity index (χ0) is 40.0. The number of anilines is 3. The van der Waals surface area contributed by atoms with Crippen LogP contribution in [-0.2, 0) is 10.8 Å². The van der Waals surface area contributed by atoms with Crippen molar-refractivity contribution in [2.24, 2.45) is 0 Å². The van der Waals surface area contributed by atoms with Crippen molar-refractivity contribution < 1.29 is 0 Å². The summed E-state index contributed by atoms with van der Waals surface area (Å²) < 4.78 is 2.66. The van der Waals surface area contributed by atoms with Crippen LogP contribution in [0.1, 0.15) is 47.2 Å². The summed E-state index contributed by atoms with van der Waals surface area (Å²) >= 11 is 1.89. The van der Waals surface area contributed by atoms with Gasteiger partial charge in [-0.25, -0.2) is 0 Å². The Balaban J connectivity index is 1.09. The van der Waals surface area contributed by atoms with Gasteiger partial charge in [0.1, 0.15) is 0 Å². The lowest BCUT2D eigenvalue weighted by molar-refractivity contribution is 0.660. The second-order valence-electron chi connectivity index (χ2n) is 16.8. The van der Waals surface area contributed by atoms with E-state index in [1.54, 1.807) is 0 Å². The molecule has 60 heavy (non-hydrogen) atoms. The van der Waals surface area contributed by atoms with E-state index < -0.39 is 5.41 Å². The molecule has 10 aromatic rings. The maximum Gasteiger partial charge on any atom is 0.0713 e. The summed E-state index contributed by atoms with van der Waals surface area (Å²) in [5.74, 6) is 0. The molecule has 1 nitrogen and oxygen atoms in total. The smallest absolute Gasteiger partial charge is 0.0713 e. The summed E-state index contributed by atoms with van der Waals surface area (Å²) in [6.45, 7) is 4.74. The lowest BCUT2D eigenvalue weighted by atomic mass is 9.68. The number of thiophene rings is 1. The molecule has 12 rings (SSSR count). The number of benzene rings is 9. The minimum absolute atomic E-state index is 0.123. The Morgan fingerprint density at radius 3 is 1.73 bits per heavy atom. The van der Waals surface area contributed by atoms with Crippen molar-refractivity contribution >= 4 is 48.6 Å². The van der Waals surface area contributed by atoms with Crippen LogP contribution in [0.3, 0.4) is 0 Å². The van der Waals surface area contributed by atoms with E-state index in [1.807, 2.05) is 11.3 Å². The summed E-state index contributed by atoms with van der Waals surface area (Å²) in [5.41, 5.74) is 18.4. The Morgan fingerprint density at radius 2 is 0.967 bits per heavy atom. The number of fused-ring (bicyclic) bond motifs is 9. The van der Waals surface area contributed by atoms with E-state index in [0.717, 1.165) is 11.4 Å². The fourth-order valence-corrected chi connectivity index (χ4v) is 11.9. The van der Waals surface area contributed by atoms with Gasteiger partial charge in [-0.2, -0.15) is 0 Å². The molecule has 1 heterocycles. The van der Waals surface area contributed by atoms with E-state index in [4.69, 9.17) is 0 Å². The molecule has 0 spiro atoms. The molecular formula is C58H41NS. The van der Waals surface area contributed by atoms with E-state index in [9.17, 15) is 0 Å². The molecule has 0 unspecified atom stereocenters. The summed E-state index contributed by atoms with van der Waals surface area (Å²) in [5, 5.41) is 2.64. The van der Waals surface area contributed by atoms with Crippen LogP contribution in [0, 0.1) is 0 Å². The van der Waals surface area contributed by atoms with Gasteiger partial charge in [0, 0.05) is 42.5 Å². The predicted molar refractivity (Wildman–Crippen MR) is 254 cm³/mol. The molecule has 2 heteroatoms. The van der Waals surface area contributed by atoms with Crippen molar-refractivity contribution in [3.63, 3.8) is 0 Å². The fraction of sp³-hybridized carbons (Fsp3) is 0.0690. The number of hydrogen-bond donors (Lipinski definition) is 0. The van der Waals surface area contributed by atoms with Crippen molar-refractivity contribution in [1.82, 2.24) is 0 Å². The molecule has 0 atom stereocenters. The quantitative estimate of drug-likeness (QED) is 0.162. The average Bonchev–Trinajstić information content (AvgIpc) is 3.92. The highest BCUT2D eigenvalue weighted by atomic mass is 32.1. The van der Waals surface area contributed by atoms with E-state index in [0.29, 0.717) is 0 Å². The molecule has 2 aliphatic rings. The third-order valence-electron chi connectivity index (χ3n) is 13.4. The van der Waals surface area contributed by atoms with Crippen molar-refractivity contribution in [3.05, 3.63) is 246 Å². The summed E-state index contributed by atoms with van der Waals surface area (Å²) in [4.78, 5) is 2.51. The SMILES string of the molecule is CC1(C)c2ccccc2-c2c(N(c3ccc(-c4cccc5c4sc4ccccc45)cc3)c3ccc4c(c3)-c3ccccc3C4(c3ccccc3)c3ccccc3)cccc21. The lowest BCUT2D eigenvalue weighted by Crippen LogP contribution is -2.28. The van der Waals surface area contributed by atoms with Gasteiger partial charge >= 0.3 is 0 Å². The second kappa shape index (κ2) is 13.3. The van der Waals surface area contributed by atoms with Gasteiger partial charge < -0.3 is 4.90 Å². The molecule has 2 aliphatic carbocycles. The normalized spacial score (nSPS) is 14.1. The summed E-state index contributed by atoms with van der Waals surface area (Å²) in [6.07, 6.45) is 0. The Hall–Kier alpha value is -7.00. The van der Waals surface area contributed by atoms with E-state index in [-0.39, 0.29) is 5.41 Å². The van der Waals surface area contributed by atoms with Gasteiger partial charge in [0.15, 0.2) is 0 Å². The van der Waals surface area contributed by atoms with Crippen LogP contribution in [0.5, 0.6) is 0 Å². The minimum Gasteiger partial charge on any atom is -0.310 e. The molecule has 0 bridgehead atoms. The first-order valence-electron chi connectivity index (χ1n) is 20.9. The molecule has 0 radical (unpaired) electrons. The first-order valence-corrected chi connectivity index (χ1v) is 21.7. The van der Waals surface area contributed by atoms with Crippen LogP contribution < -0.4 is 4.90 Å². The van der Waals surface area contributed by atoms with Gasteiger partial charge in [-0.05, 0) is 97.6 Å².